The van der Waals surface area contributed by atoms with E-state index in [1.807, 2.05) is 19.9 Å². The van der Waals surface area contributed by atoms with E-state index in [9.17, 15) is 13.2 Å². The second kappa shape index (κ2) is 6.46. The molecule has 1 heterocycles. The predicted octanol–water partition coefficient (Wildman–Crippen LogP) is 5.09. The summed E-state index contributed by atoms with van der Waals surface area (Å²) < 4.78 is 40.1. The molecule has 0 saturated carbocycles. The van der Waals surface area contributed by atoms with Gasteiger partial charge in [0, 0.05) is 22.6 Å². The molecule has 0 atom stereocenters. The summed E-state index contributed by atoms with van der Waals surface area (Å²) in [6.07, 6.45) is -4.44. The normalized spacial score (nSPS) is 12.1. The first-order valence-corrected chi connectivity index (χ1v) is 7.95. The summed E-state index contributed by atoms with van der Waals surface area (Å²) in [5, 5.41) is 3.38. The molecule has 1 N–H and O–H groups in total. The standard InChI is InChI=1S/C14H14BrF3N2S/c1-8(2)19-7-11-12(14(16,17)18)20-13(21-11)9-5-3-4-6-10(9)15/h3-6,8,19H,7H2,1-2H3. The van der Waals surface area contributed by atoms with Gasteiger partial charge in [0.15, 0.2) is 5.69 Å². The fourth-order valence-corrected chi connectivity index (χ4v) is 3.42. The molecule has 1 aromatic carbocycles. The van der Waals surface area contributed by atoms with E-state index < -0.39 is 11.9 Å². The van der Waals surface area contributed by atoms with E-state index >= 15 is 0 Å². The van der Waals surface area contributed by atoms with Gasteiger partial charge >= 0.3 is 6.18 Å². The number of benzene rings is 1. The molecule has 0 spiro atoms. The number of rotatable bonds is 4. The average Bonchev–Trinajstić information content (AvgIpc) is 2.81. The highest BCUT2D eigenvalue weighted by atomic mass is 79.9. The first kappa shape index (κ1) is 16.5. The van der Waals surface area contributed by atoms with Crippen molar-refractivity contribution in [3.63, 3.8) is 0 Å². The van der Waals surface area contributed by atoms with Crippen LogP contribution in [0, 0.1) is 0 Å². The Kier molecular flexibility index (Phi) is 5.06. The Morgan fingerprint density at radius 1 is 1.29 bits per heavy atom. The number of thiazole rings is 1. The molecule has 0 bridgehead atoms. The van der Waals surface area contributed by atoms with Gasteiger partial charge in [0.05, 0.1) is 4.88 Å². The predicted molar refractivity (Wildman–Crippen MR) is 82.2 cm³/mol. The minimum Gasteiger partial charge on any atom is -0.310 e. The minimum absolute atomic E-state index is 0.111. The van der Waals surface area contributed by atoms with Gasteiger partial charge in [0.1, 0.15) is 5.01 Å². The number of hydrogen-bond donors (Lipinski definition) is 1. The van der Waals surface area contributed by atoms with Gasteiger partial charge in [-0.05, 0) is 6.07 Å². The lowest BCUT2D eigenvalue weighted by molar-refractivity contribution is -0.141. The Morgan fingerprint density at radius 3 is 2.52 bits per heavy atom. The van der Waals surface area contributed by atoms with E-state index in [1.54, 1.807) is 18.2 Å². The van der Waals surface area contributed by atoms with Crippen molar-refractivity contribution in [2.24, 2.45) is 0 Å². The first-order chi connectivity index (χ1) is 9.79. The molecule has 21 heavy (non-hydrogen) atoms. The summed E-state index contributed by atoms with van der Waals surface area (Å²) in [6.45, 7) is 3.95. The van der Waals surface area contributed by atoms with Crippen LogP contribution in [0.1, 0.15) is 24.4 Å². The lowest BCUT2D eigenvalue weighted by atomic mass is 10.2. The Bertz CT molecular complexity index is 623. The van der Waals surface area contributed by atoms with Gasteiger partial charge in [-0.3, -0.25) is 0 Å². The highest BCUT2D eigenvalue weighted by Crippen LogP contribution is 2.39. The van der Waals surface area contributed by atoms with Crippen LogP contribution in [0.4, 0.5) is 13.2 Å². The fourth-order valence-electron chi connectivity index (χ4n) is 1.74. The quantitative estimate of drug-likeness (QED) is 0.801. The molecule has 0 aliphatic rings. The van der Waals surface area contributed by atoms with Gasteiger partial charge in [0.25, 0.3) is 0 Å². The van der Waals surface area contributed by atoms with E-state index in [1.165, 1.54) is 0 Å². The molecule has 0 unspecified atom stereocenters. The van der Waals surface area contributed by atoms with Gasteiger partial charge < -0.3 is 5.32 Å². The number of halogens is 4. The van der Waals surface area contributed by atoms with E-state index in [2.05, 4.69) is 26.2 Å². The van der Waals surface area contributed by atoms with Crippen LogP contribution >= 0.6 is 27.3 Å². The molecule has 0 amide bonds. The molecular weight excluding hydrogens is 365 g/mol. The first-order valence-electron chi connectivity index (χ1n) is 6.34. The molecule has 7 heteroatoms. The lowest BCUT2D eigenvalue weighted by Crippen LogP contribution is -2.23. The molecule has 0 aliphatic heterocycles. The van der Waals surface area contributed by atoms with Gasteiger partial charge in [-0.25, -0.2) is 4.98 Å². The monoisotopic (exact) mass is 378 g/mol. The third-order valence-corrected chi connectivity index (χ3v) is 4.52. The summed E-state index contributed by atoms with van der Waals surface area (Å²) in [6, 6.07) is 7.24. The molecule has 2 nitrogen and oxygen atoms in total. The van der Waals surface area contributed by atoms with Crippen molar-refractivity contribution >= 4 is 27.3 Å². The number of nitrogens with one attached hydrogen (secondary N) is 1. The van der Waals surface area contributed by atoms with E-state index in [0.29, 0.717) is 10.6 Å². The summed E-state index contributed by atoms with van der Waals surface area (Å²) in [7, 11) is 0. The van der Waals surface area contributed by atoms with Gasteiger partial charge in [-0.1, -0.05) is 48.0 Å². The molecule has 2 rings (SSSR count). The zero-order valence-electron chi connectivity index (χ0n) is 11.5. The maximum atomic E-state index is 13.1. The summed E-state index contributed by atoms with van der Waals surface area (Å²) in [5.74, 6) is 0. The third-order valence-electron chi connectivity index (χ3n) is 2.74. The molecule has 0 saturated heterocycles. The second-order valence-corrected chi connectivity index (χ2v) is 6.74. The zero-order valence-corrected chi connectivity index (χ0v) is 13.9. The summed E-state index contributed by atoms with van der Waals surface area (Å²) in [5.41, 5.74) is -0.129. The van der Waals surface area contributed by atoms with Crippen molar-refractivity contribution in [1.29, 1.82) is 0 Å². The van der Waals surface area contributed by atoms with Crippen molar-refractivity contribution in [3.8, 4) is 10.6 Å². The molecule has 0 radical (unpaired) electrons. The summed E-state index contributed by atoms with van der Waals surface area (Å²) in [4.78, 5) is 4.02. The highest BCUT2D eigenvalue weighted by Gasteiger charge is 2.37. The van der Waals surface area contributed by atoms with Crippen molar-refractivity contribution in [1.82, 2.24) is 10.3 Å². The van der Waals surface area contributed by atoms with Gasteiger partial charge in [-0.2, -0.15) is 13.2 Å². The van der Waals surface area contributed by atoms with Crippen molar-refractivity contribution in [2.75, 3.05) is 0 Å². The lowest BCUT2D eigenvalue weighted by Gasteiger charge is -2.09. The summed E-state index contributed by atoms with van der Waals surface area (Å²) >= 11 is 4.42. The van der Waals surface area contributed by atoms with Crippen LogP contribution in [0.2, 0.25) is 0 Å². The topological polar surface area (TPSA) is 24.9 Å². The maximum absolute atomic E-state index is 13.1. The van der Waals surface area contributed by atoms with E-state index in [0.717, 1.165) is 15.8 Å². The maximum Gasteiger partial charge on any atom is 0.434 e. The Hall–Kier alpha value is -0.920. The van der Waals surface area contributed by atoms with Crippen LogP contribution in [-0.2, 0) is 12.7 Å². The van der Waals surface area contributed by atoms with Crippen LogP contribution < -0.4 is 5.32 Å². The molecule has 1 aromatic heterocycles. The van der Waals surface area contributed by atoms with Crippen molar-refractivity contribution in [3.05, 3.63) is 39.3 Å². The SMILES string of the molecule is CC(C)NCc1sc(-c2ccccc2Br)nc1C(F)(F)F. The Morgan fingerprint density at radius 2 is 1.95 bits per heavy atom. The van der Waals surface area contributed by atoms with Crippen molar-refractivity contribution in [2.45, 2.75) is 32.6 Å². The third kappa shape index (κ3) is 4.05. The molecule has 114 valence electrons. The highest BCUT2D eigenvalue weighted by molar-refractivity contribution is 9.10. The number of alkyl halides is 3. The Balaban J connectivity index is 2.43. The van der Waals surface area contributed by atoms with Gasteiger partial charge in [-0.15, -0.1) is 11.3 Å². The van der Waals surface area contributed by atoms with Crippen LogP contribution in [0.5, 0.6) is 0 Å². The minimum atomic E-state index is -4.44. The zero-order chi connectivity index (χ0) is 15.6. The fraction of sp³-hybridized carbons (Fsp3) is 0.357. The number of hydrogen-bond acceptors (Lipinski definition) is 3. The molecule has 0 aliphatic carbocycles. The van der Waals surface area contributed by atoms with Crippen LogP contribution in [0.3, 0.4) is 0 Å². The number of aromatic nitrogens is 1. The molecule has 0 fully saturated rings. The second-order valence-electron chi connectivity index (χ2n) is 4.80. The van der Waals surface area contributed by atoms with Gasteiger partial charge in [0.2, 0.25) is 0 Å². The average molecular weight is 379 g/mol. The van der Waals surface area contributed by atoms with Crippen LogP contribution in [0.25, 0.3) is 10.6 Å². The van der Waals surface area contributed by atoms with E-state index in [-0.39, 0.29) is 17.5 Å². The Labute approximate surface area is 133 Å². The van der Waals surface area contributed by atoms with Crippen LogP contribution in [-0.4, -0.2) is 11.0 Å². The van der Waals surface area contributed by atoms with Crippen molar-refractivity contribution < 1.29 is 13.2 Å². The molecular formula is C14H14BrF3N2S. The molecule has 2 aromatic rings. The van der Waals surface area contributed by atoms with Crippen LogP contribution in [0.15, 0.2) is 28.7 Å². The smallest absolute Gasteiger partial charge is 0.310 e. The van der Waals surface area contributed by atoms with E-state index in [4.69, 9.17) is 0 Å². The largest absolute Gasteiger partial charge is 0.434 e. The number of nitrogens with zero attached hydrogens (tertiary/aromatic N) is 1.